The van der Waals surface area contributed by atoms with Crippen LogP contribution in [0.25, 0.3) is 0 Å². The molecule has 0 bridgehead atoms. The summed E-state index contributed by atoms with van der Waals surface area (Å²) in [6, 6.07) is 5.91. The topological polar surface area (TPSA) is 61.8 Å². The fourth-order valence-electron chi connectivity index (χ4n) is 2.64. The standard InChI is InChI=1S/C15H17N3O2S/c1-9-5-10(2)7-11(6-9)17-13(19)8-12-14(20)18-4-3-16-15(18)21-12/h5-7,12H,3-4,8H2,1-2H3,(H,17,19). The molecule has 2 amide bonds. The number of carbonyl (C=O) groups excluding carboxylic acids is 2. The molecular formula is C15H17N3O2S. The number of hydrogen-bond donors (Lipinski definition) is 1. The third kappa shape index (κ3) is 2.95. The summed E-state index contributed by atoms with van der Waals surface area (Å²) in [6.45, 7) is 5.31. The Morgan fingerprint density at radius 1 is 1.38 bits per heavy atom. The molecule has 2 aliphatic rings. The van der Waals surface area contributed by atoms with Crippen molar-refractivity contribution in [3.8, 4) is 0 Å². The molecule has 0 spiro atoms. The summed E-state index contributed by atoms with van der Waals surface area (Å²) >= 11 is 1.40. The molecule has 1 aromatic carbocycles. The normalized spacial score (nSPS) is 20.5. The summed E-state index contributed by atoms with van der Waals surface area (Å²) in [6.07, 6.45) is 0.187. The van der Waals surface area contributed by atoms with Crippen LogP contribution in [0.1, 0.15) is 17.5 Å². The molecule has 0 aliphatic carbocycles. The lowest BCUT2D eigenvalue weighted by molar-refractivity contribution is -0.127. The Bertz CT molecular complexity index is 622. The van der Waals surface area contributed by atoms with E-state index >= 15 is 0 Å². The number of nitrogens with one attached hydrogen (secondary N) is 1. The monoisotopic (exact) mass is 303 g/mol. The van der Waals surface area contributed by atoms with Gasteiger partial charge in [0.15, 0.2) is 5.17 Å². The fraction of sp³-hybridized carbons (Fsp3) is 0.400. The first-order valence-electron chi connectivity index (χ1n) is 6.93. The summed E-state index contributed by atoms with van der Waals surface area (Å²) in [7, 11) is 0. The van der Waals surface area contributed by atoms with Crippen LogP contribution in [0.3, 0.4) is 0 Å². The highest BCUT2D eigenvalue weighted by Crippen LogP contribution is 2.31. The lowest BCUT2D eigenvalue weighted by Gasteiger charge is -2.11. The highest BCUT2D eigenvalue weighted by molar-refractivity contribution is 8.15. The van der Waals surface area contributed by atoms with Gasteiger partial charge >= 0.3 is 0 Å². The van der Waals surface area contributed by atoms with E-state index in [-0.39, 0.29) is 23.5 Å². The SMILES string of the molecule is Cc1cc(C)cc(NC(=O)CC2SC3=NCCN3C2=O)c1. The number of aryl methyl sites for hydroxylation is 2. The zero-order valence-corrected chi connectivity index (χ0v) is 12.9. The first-order valence-corrected chi connectivity index (χ1v) is 7.81. The minimum atomic E-state index is -0.338. The van der Waals surface area contributed by atoms with Gasteiger partial charge in [-0.3, -0.25) is 19.5 Å². The second-order valence-corrected chi connectivity index (χ2v) is 6.56. The van der Waals surface area contributed by atoms with E-state index in [1.807, 2.05) is 26.0 Å². The summed E-state index contributed by atoms with van der Waals surface area (Å²) in [5, 5.41) is 3.30. The number of thioether (sulfide) groups is 1. The number of amides is 2. The van der Waals surface area contributed by atoms with Crippen molar-refractivity contribution in [2.45, 2.75) is 25.5 Å². The van der Waals surface area contributed by atoms with Crippen LogP contribution in [0, 0.1) is 13.8 Å². The maximum atomic E-state index is 12.1. The number of anilines is 1. The smallest absolute Gasteiger partial charge is 0.242 e. The van der Waals surface area contributed by atoms with Gasteiger partial charge in [0.05, 0.1) is 6.54 Å². The van der Waals surface area contributed by atoms with Crippen LogP contribution in [-0.2, 0) is 9.59 Å². The van der Waals surface area contributed by atoms with E-state index in [1.54, 1.807) is 4.90 Å². The van der Waals surface area contributed by atoms with Crippen LogP contribution in [-0.4, -0.2) is 40.2 Å². The molecule has 1 saturated heterocycles. The van der Waals surface area contributed by atoms with E-state index < -0.39 is 0 Å². The zero-order valence-electron chi connectivity index (χ0n) is 12.0. The number of amidine groups is 1. The van der Waals surface area contributed by atoms with Crippen LogP contribution in [0.2, 0.25) is 0 Å². The Balaban J connectivity index is 1.63. The van der Waals surface area contributed by atoms with Crippen molar-refractivity contribution in [2.75, 3.05) is 18.4 Å². The Hall–Kier alpha value is -1.82. The Morgan fingerprint density at radius 2 is 2.10 bits per heavy atom. The Morgan fingerprint density at radius 3 is 2.76 bits per heavy atom. The summed E-state index contributed by atoms with van der Waals surface area (Å²) in [5.41, 5.74) is 2.99. The molecule has 1 aromatic rings. The minimum Gasteiger partial charge on any atom is -0.326 e. The van der Waals surface area contributed by atoms with Crippen LogP contribution >= 0.6 is 11.8 Å². The lowest BCUT2D eigenvalue weighted by Crippen LogP contribution is -2.32. The molecule has 1 N–H and O–H groups in total. The minimum absolute atomic E-state index is 0.00632. The molecule has 2 heterocycles. The Kier molecular flexibility index (Phi) is 3.71. The molecule has 1 atom stereocenters. The Labute approximate surface area is 127 Å². The van der Waals surface area contributed by atoms with Gasteiger partial charge in [0.2, 0.25) is 11.8 Å². The molecule has 5 nitrogen and oxygen atoms in total. The van der Waals surface area contributed by atoms with E-state index in [1.165, 1.54) is 11.8 Å². The molecule has 6 heteroatoms. The van der Waals surface area contributed by atoms with Crippen LogP contribution < -0.4 is 5.32 Å². The predicted molar refractivity (Wildman–Crippen MR) is 84.6 cm³/mol. The highest BCUT2D eigenvalue weighted by Gasteiger charge is 2.40. The number of nitrogens with zero attached hydrogens (tertiary/aromatic N) is 2. The predicted octanol–water partition coefficient (Wildman–Crippen LogP) is 1.95. The summed E-state index contributed by atoms with van der Waals surface area (Å²) in [5.74, 6) is -0.126. The second-order valence-electron chi connectivity index (χ2n) is 5.39. The van der Waals surface area contributed by atoms with Gasteiger partial charge in [-0.15, -0.1) is 0 Å². The van der Waals surface area contributed by atoms with Crippen molar-refractivity contribution in [1.82, 2.24) is 4.90 Å². The van der Waals surface area contributed by atoms with E-state index in [2.05, 4.69) is 16.4 Å². The molecule has 0 saturated carbocycles. The average Bonchev–Trinajstić information content (AvgIpc) is 2.93. The van der Waals surface area contributed by atoms with Crippen LogP contribution in [0.15, 0.2) is 23.2 Å². The summed E-state index contributed by atoms with van der Waals surface area (Å²) < 4.78 is 0. The lowest BCUT2D eigenvalue weighted by atomic mass is 10.1. The molecule has 1 fully saturated rings. The number of hydrogen-bond acceptors (Lipinski definition) is 4. The molecule has 3 rings (SSSR count). The molecule has 110 valence electrons. The number of fused-ring (bicyclic) bond motifs is 1. The van der Waals surface area contributed by atoms with Crippen molar-refractivity contribution in [2.24, 2.45) is 4.99 Å². The molecule has 0 aromatic heterocycles. The number of benzene rings is 1. The van der Waals surface area contributed by atoms with Gasteiger partial charge in [-0.25, -0.2) is 0 Å². The molecule has 21 heavy (non-hydrogen) atoms. The average molecular weight is 303 g/mol. The van der Waals surface area contributed by atoms with Gasteiger partial charge in [-0.1, -0.05) is 17.8 Å². The van der Waals surface area contributed by atoms with Gasteiger partial charge < -0.3 is 5.32 Å². The van der Waals surface area contributed by atoms with Crippen molar-refractivity contribution in [3.63, 3.8) is 0 Å². The maximum absolute atomic E-state index is 12.1. The largest absolute Gasteiger partial charge is 0.326 e. The van der Waals surface area contributed by atoms with Crippen molar-refractivity contribution < 1.29 is 9.59 Å². The van der Waals surface area contributed by atoms with E-state index in [0.717, 1.165) is 22.0 Å². The van der Waals surface area contributed by atoms with Gasteiger partial charge in [-0.2, -0.15) is 0 Å². The van der Waals surface area contributed by atoms with Gasteiger partial charge in [0, 0.05) is 18.7 Å². The zero-order chi connectivity index (χ0) is 15.0. The molecule has 0 radical (unpaired) electrons. The molecule has 1 unspecified atom stereocenters. The van der Waals surface area contributed by atoms with Gasteiger partial charge in [0.1, 0.15) is 5.25 Å². The van der Waals surface area contributed by atoms with Crippen molar-refractivity contribution >= 4 is 34.4 Å². The number of rotatable bonds is 3. The third-order valence-electron chi connectivity index (χ3n) is 3.47. The highest BCUT2D eigenvalue weighted by atomic mass is 32.2. The second kappa shape index (κ2) is 5.52. The van der Waals surface area contributed by atoms with E-state index in [0.29, 0.717) is 13.1 Å². The summed E-state index contributed by atoms with van der Waals surface area (Å²) in [4.78, 5) is 30.2. The number of carbonyl (C=O) groups is 2. The van der Waals surface area contributed by atoms with Crippen molar-refractivity contribution in [1.29, 1.82) is 0 Å². The first-order chi connectivity index (χ1) is 10.0. The van der Waals surface area contributed by atoms with E-state index in [4.69, 9.17) is 0 Å². The van der Waals surface area contributed by atoms with Crippen LogP contribution in [0.5, 0.6) is 0 Å². The third-order valence-corrected chi connectivity index (χ3v) is 4.68. The van der Waals surface area contributed by atoms with Crippen molar-refractivity contribution in [3.05, 3.63) is 29.3 Å². The molecule has 2 aliphatic heterocycles. The van der Waals surface area contributed by atoms with Crippen LogP contribution in [0.4, 0.5) is 5.69 Å². The van der Waals surface area contributed by atoms with Gasteiger partial charge in [0.25, 0.3) is 0 Å². The quantitative estimate of drug-likeness (QED) is 0.928. The fourth-order valence-corrected chi connectivity index (χ4v) is 3.83. The first kappa shape index (κ1) is 14.1. The maximum Gasteiger partial charge on any atom is 0.242 e. The molecular weight excluding hydrogens is 286 g/mol. The van der Waals surface area contributed by atoms with E-state index in [9.17, 15) is 9.59 Å². The number of aliphatic imine (C=N–C) groups is 1. The van der Waals surface area contributed by atoms with Gasteiger partial charge in [-0.05, 0) is 37.1 Å².